The Morgan fingerprint density at radius 1 is 1.40 bits per heavy atom. The van der Waals surface area contributed by atoms with Crippen molar-refractivity contribution in [3.63, 3.8) is 0 Å². The summed E-state index contributed by atoms with van der Waals surface area (Å²) >= 11 is 9.63. The van der Waals surface area contributed by atoms with E-state index in [0.29, 0.717) is 0 Å². The first-order valence-corrected chi connectivity index (χ1v) is 9.08. The molecule has 0 amide bonds. The molecule has 0 bridgehead atoms. The second kappa shape index (κ2) is 7.81. The fourth-order valence-corrected chi connectivity index (χ4v) is 3.58. The number of rotatable bonds is 8. The molecule has 0 radical (unpaired) electrons. The molecule has 2 rings (SSSR count). The van der Waals surface area contributed by atoms with Gasteiger partial charge in [0, 0.05) is 25.0 Å². The molecule has 1 aromatic heterocycles. The van der Waals surface area contributed by atoms with E-state index in [0.717, 1.165) is 44.4 Å². The van der Waals surface area contributed by atoms with Crippen molar-refractivity contribution in [3.05, 3.63) is 15.9 Å². The molecule has 0 saturated heterocycles. The van der Waals surface area contributed by atoms with Crippen LogP contribution in [0, 0.1) is 0 Å². The molecule has 1 fully saturated rings. The van der Waals surface area contributed by atoms with Crippen molar-refractivity contribution in [2.45, 2.75) is 65.1 Å². The molecule has 0 atom stereocenters. The molecule has 1 heterocycles. The van der Waals surface area contributed by atoms with Crippen LogP contribution in [0.1, 0.15) is 50.9 Å². The predicted octanol–water partition coefficient (Wildman–Crippen LogP) is 4.21. The molecule has 5 heteroatoms. The number of hydrogen-bond acceptors (Lipinski definition) is 2. The molecule has 20 heavy (non-hydrogen) atoms. The topological polar surface area (TPSA) is 21.1 Å². The van der Waals surface area contributed by atoms with Crippen LogP contribution < -0.4 is 0 Å². The van der Waals surface area contributed by atoms with Crippen LogP contribution in [0.5, 0.6) is 0 Å². The van der Waals surface area contributed by atoms with E-state index in [4.69, 9.17) is 16.7 Å². The highest BCUT2D eigenvalue weighted by Crippen LogP contribution is 2.29. The summed E-state index contributed by atoms with van der Waals surface area (Å²) in [6, 6.07) is 0.746. The van der Waals surface area contributed by atoms with E-state index < -0.39 is 0 Å². The lowest BCUT2D eigenvalue weighted by Gasteiger charge is -2.37. The van der Waals surface area contributed by atoms with Crippen molar-refractivity contribution in [2.24, 2.45) is 0 Å². The maximum Gasteiger partial charge on any atom is 0.0767 e. The fourth-order valence-electron chi connectivity index (χ4n) is 2.77. The van der Waals surface area contributed by atoms with Crippen LogP contribution in [-0.4, -0.2) is 33.1 Å². The first-order valence-electron chi connectivity index (χ1n) is 7.75. The number of hydrogen-bond donors (Lipinski definition) is 0. The molecule has 1 aliphatic carbocycles. The van der Waals surface area contributed by atoms with Crippen LogP contribution in [0.3, 0.4) is 0 Å². The van der Waals surface area contributed by atoms with E-state index in [9.17, 15) is 0 Å². The number of aryl methyl sites for hydroxylation is 2. The molecule has 1 saturated carbocycles. The van der Waals surface area contributed by atoms with Gasteiger partial charge in [-0.3, -0.25) is 9.58 Å². The lowest BCUT2D eigenvalue weighted by molar-refractivity contribution is 0.116. The quantitative estimate of drug-likeness (QED) is 0.646. The normalized spacial score (nSPS) is 15.8. The zero-order valence-electron chi connectivity index (χ0n) is 12.5. The van der Waals surface area contributed by atoms with Crippen LogP contribution >= 0.6 is 27.5 Å². The molecule has 114 valence electrons. The van der Waals surface area contributed by atoms with Crippen LogP contribution in [0.25, 0.3) is 0 Å². The van der Waals surface area contributed by atoms with Crippen LogP contribution in [-0.2, 0) is 19.5 Å². The summed E-state index contributed by atoms with van der Waals surface area (Å²) in [6.45, 7) is 7.34. The molecule has 0 unspecified atom stereocenters. The van der Waals surface area contributed by atoms with Gasteiger partial charge in [0.15, 0.2) is 0 Å². The highest BCUT2D eigenvalue weighted by Gasteiger charge is 2.26. The summed E-state index contributed by atoms with van der Waals surface area (Å²) in [5.74, 6) is 0.748. The minimum atomic E-state index is 0.746. The average molecular weight is 363 g/mol. The van der Waals surface area contributed by atoms with Gasteiger partial charge in [0.1, 0.15) is 0 Å². The Labute approximate surface area is 135 Å². The minimum absolute atomic E-state index is 0.746. The Morgan fingerprint density at radius 2 is 2.15 bits per heavy atom. The number of alkyl halides is 1. The van der Waals surface area contributed by atoms with Crippen molar-refractivity contribution in [1.29, 1.82) is 0 Å². The molecule has 0 N–H and O–H groups in total. The standard InChI is InChI=1S/C15H25BrClN3/c1-3-13-15(16)14(20(4-2)18-13)11-19(10-6-9-17)12-7-5-8-12/h12H,3-11H2,1-2H3. The monoisotopic (exact) mass is 361 g/mol. The maximum atomic E-state index is 5.88. The summed E-state index contributed by atoms with van der Waals surface area (Å²) in [7, 11) is 0. The fraction of sp³-hybridized carbons (Fsp3) is 0.800. The third kappa shape index (κ3) is 3.58. The Morgan fingerprint density at radius 3 is 2.65 bits per heavy atom. The highest BCUT2D eigenvalue weighted by atomic mass is 79.9. The van der Waals surface area contributed by atoms with Gasteiger partial charge in [0.05, 0.1) is 15.9 Å². The Bertz CT molecular complexity index is 429. The average Bonchev–Trinajstić information content (AvgIpc) is 2.70. The zero-order valence-corrected chi connectivity index (χ0v) is 14.9. The summed E-state index contributed by atoms with van der Waals surface area (Å²) in [5, 5.41) is 4.70. The lowest BCUT2D eigenvalue weighted by Crippen LogP contribution is -2.40. The van der Waals surface area contributed by atoms with Crippen molar-refractivity contribution < 1.29 is 0 Å². The van der Waals surface area contributed by atoms with Crippen LogP contribution in [0.2, 0.25) is 0 Å². The molecule has 1 aromatic rings. The third-order valence-electron chi connectivity index (χ3n) is 4.22. The van der Waals surface area contributed by atoms with Gasteiger partial charge >= 0.3 is 0 Å². The lowest BCUT2D eigenvalue weighted by atomic mass is 9.91. The number of aromatic nitrogens is 2. The Kier molecular flexibility index (Phi) is 6.37. The maximum absolute atomic E-state index is 5.88. The molecule has 0 aliphatic heterocycles. The SMILES string of the molecule is CCc1nn(CC)c(CN(CCCCl)C2CCC2)c1Br. The predicted molar refractivity (Wildman–Crippen MR) is 88.4 cm³/mol. The van der Waals surface area contributed by atoms with E-state index in [1.807, 2.05) is 0 Å². The van der Waals surface area contributed by atoms with Crippen molar-refractivity contribution in [1.82, 2.24) is 14.7 Å². The van der Waals surface area contributed by atoms with E-state index in [1.165, 1.54) is 35.1 Å². The second-order valence-corrected chi connectivity index (χ2v) is 6.65. The molecule has 3 nitrogen and oxygen atoms in total. The minimum Gasteiger partial charge on any atom is -0.294 e. The van der Waals surface area contributed by atoms with Crippen molar-refractivity contribution >= 4 is 27.5 Å². The molecular weight excluding hydrogens is 338 g/mol. The Hall–Kier alpha value is -0.0600. The summed E-state index contributed by atoms with van der Waals surface area (Å²) in [6.07, 6.45) is 6.08. The first-order chi connectivity index (χ1) is 9.71. The second-order valence-electron chi connectivity index (χ2n) is 5.47. The molecule has 0 spiro atoms. The van der Waals surface area contributed by atoms with Gasteiger partial charge in [-0.05, 0) is 55.1 Å². The zero-order chi connectivity index (χ0) is 14.5. The van der Waals surface area contributed by atoms with Gasteiger partial charge < -0.3 is 0 Å². The van der Waals surface area contributed by atoms with E-state index in [2.05, 4.69) is 39.4 Å². The highest BCUT2D eigenvalue weighted by molar-refractivity contribution is 9.10. The van der Waals surface area contributed by atoms with Gasteiger partial charge in [0.25, 0.3) is 0 Å². The summed E-state index contributed by atoms with van der Waals surface area (Å²) in [4.78, 5) is 2.60. The van der Waals surface area contributed by atoms with Gasteiger partial charge in [-0.2, -0.15) is 5.10 Å². The van der Waals surface area contributed by atoms with Crippen LogP contribution in [0.4, 0.5) is 0 Å². The first kappa shape index (κ1) is 16.3. The summed E-state index contributed by atoms with van der Waals surface area (Å²) in [5.41, 5.74) is 2.50. The van der Waals surface area contributed by atoms with Crippen molar-refractivity contribution in [3.8, 4) is 0 Å². The van der Waals surface area contributed by atoms with Gasteiger partial charge in [-0.15, -0.1) is 11.6 Å². The summed E-state index contributed by atoms with van der Waals surface area (Å²) < 4.78 is 3.35. The third-order valence-corrected chi connectivity index (χ3v) is 5.40. The van der Waals surface area contributed by atoms with E-state index in [1.54, 1.807) is 0 Å². The number of halogens is 2. The van der Waals surface area contributed by atoms with E-state index >= 15 is 0 Å². The van der Waals surface area contributed by atoms with Crippen molar-refractivity contribution in [2.75, 3.05) is 12.4 Å². The van der Waals surface area contributed by atoms with Gasteiger partial charge in [-0.25, -0.2) is 0 Å². The Balaban J connectivity index is 2.14. The van der Waals surface area contributed by atoms with Gasteiger partial charge in [0.2, 0.25) is 0 Å². The number of nitrogens with zero attached hydrogens (tertiary/aromatic N) is 3. The largest absolute Gasteiger partial charge is 0.294 e. The van der Waals surface area contributed by atoms with E-state index in [-0.39, 0.29) is 0 Å². The van der Waals surface area contributed by atoms with Crippen LogP contribution in [0.15, 0.2) is 4.47 Å². The molecule has 1 aliphatic rings. The molecule has 0 aromatic carbocycles. The van der Waals surface area contributed by atoms with Gasteiger partial charge in [-0.1, -0.05) is 13.3 Å². The molecular formula is C15H25BrClN3. The smallest absolute Gasteiger partial charge is 0.0767 e.